The number of nitrogens with one attached hydrogen (secondary N) is 1. The average Bonchev–Trinajstić information content (AvgIpc) is 2.18. The monoisotopic (exact) mass is 97.1 g/mol. The summed E-state index contributed by atoms with van der Waals surface area (Å²) in [4.78, 5) is 0. The maximum Gasteiger partial charge on any atom is 0.00991 e. The first-order chi connectivity index (χ1) is 3.38. The van der Waals surface area contributed by atoms with Crippen LogP contribution in [0.3, 0.4) is 0 Å². The minimum absolute atomic E-state index is 0.907. The Morgan fingerprint density at radius 2 is 2.43 bits per heavy atom. The zero-order valence-electron chi connectivity index (χ0n) is 4.65. The van der Waals surface area contributed by atoms with Crippen LogP contribution in [0.2, 0.25) is 0 Å². The van der Waals surface area contributed by atoms with Crippen LogP contribution in [0, 0.1) is 11.8 Å². The highest BCUT2D eigenvalue weighted by Crippen LogP contribution is 2.39. The third-order valence-electron chi connectivity index (χ3n) is 2.58. The Morgan fingerprint density at radius 3 is 2.57 bits per heavy atom. The van der Waals surface area contributed by atoms with Crippen LogP contribution in [0.5, 0.6) is 0 Å². The molecular formula is C6H11N. The van der Waals surface area contributed by atoms with Gasteiger partial charge in [-0.05, 0) is 24.8 Å². The second-order valence-corrected chi connectivity index (χ2v) is 2.87. The zero-order chi connectivity index (χ0) is 4.85. The van der Waals surface area contributed by atoms with Gasteiger partial charge in [-0.25, -0.2) is 0 Å². The Bertz CT molecular complexity index is 76.2. The molecule has 1 saturated carbocycles. The van der Waals surface area contributed by atoms with Gasteiger partial charge < -0.3 is 5.32 Å². The molecule has 0 amide bonds. The normalized spacial score (nSPS) is 57.0. The Labute approximate surface area is 44.1 Å². The Morgan fingerprint density at radius 1 is 1.57 bits per heavy atom. The number of hydrogen-bond donors (Lipinski definition) is 1. The van der Waals surface area contributed by atoms with Gasteiger partial charge in [0.2, 0.25) is 0 Å². The molecule has 1 aliphatic carbocycles. The van der Waals surface area contributed by atoms with Crippen molar-refractivity contribution in [1.29, 1.82) is 0 Å². The van der Waals surface area contributed by atoms with E-state index < -0.39 is 0 Å². The summed E-state index contributed by atoms with van der Waals surface area (Å²) in [5, 5.41) is 3.44. The maximum absolute atomic E-state index is 3.44. The summed E-state index contributed by atoms with van der Waals surface area (Å²) in [6, 6.07) is 0.907. The molecule has 3 rings (SSSR count). The standard InChI is InChI=1S/C6H11N/c1-4-5-2-6(4)7-3-5/h4-7H,2-3H2,1H3/t4-,5+,6+/m0/s1. The van der Waals surface area contributed by atoms with Crippen LogP contribution >= 0.6 is 0 Å². The zero-order valence-corrected chi connectivity index (χ0v) is 4.65. The SMILES string of the molecule is C[C@H]1[C@H]2CN[C@@H]1C2. The molecule has 0 aromatic heterocycles. The van der Waals surface area contributed by atoms with Crippen LogP contribution in [0.1, 0.15) is 13.3 Å². The fourth-order valence-electron chi connectivity index (χ4n) is 1.73. The van der Waals surface area contributed by atoms with E-state index in [2.05, 4.69) is 12.2 Å². The van der Waals surface area contributed by atoms with E-state index in [9.17, 15) is 0 Å². The summed E-state index contributed by atoms with van der Waals surface area (Å²) in [6.45, 7) is 3.64. The van der Waals surface area contributed by atoms with Crippen molar-refractivity contribution < 1.29 is 0 Å². The van der Waals surface area contributed by atoms with E-state index in [0.717, 1.165) is 17.9 Å². The van der Waals surface area contributed by atoms with Crippen molar-refractivity contribution in [2.24, 2.45) is 11.8 Å². The molecule has 0 aromatic carbocycles. The van der Waals surface area contributed by atoms with Crippen molar-refractivity contribution in [3.63, 3.8) is 0 Å². The molecule has 40 valence electrons. The van der Waals surface area contributed by atoms with Gasteiger partial charge in [0.25, 0.3) is 0 Å². The molecular weight excluding hydrogens is 86.1 g/mol. The molecule has 2 heterocycles. The van der Waals surface area contributed by atoms with Crippen LogP contribution in [0.25, 0.3) is 0 Å². The Kier molecular flexibility index (Phi) is 0.571. The molecule has 3 atom stereocenters. The summed E-state index contributed by atoms with van der Waals surface area (Å²) in [7, 11) is 0. The van der Waals surface area contributed by atoms with Gasteiger partial charge in [0.15, 0.2) is 0 Å². The molecule has 2 bridgehead atoms. The average molecular weight is 97.2 g/mol. The number of fused-ring (bicyclic) bond motifs is 1. The van der Waals surface area contributed by atoms with E-state index >= 15 is 0 Å². The molecule has 0 radical (unpaired) electrons. The number of hydrogen-bond acceptors (Lipinski definition) is 1. The Hall–Kier alpha value is -0.0400. The molecule has 7 heavy (non-hydrogen) atoms. The minimum Gasteiger partial charge on any atom is -0.313 e. The second kappa shape index (κ2) is 1.03. The van der Waals surface area contributed by atoms with Crippen LogP contribution in [-0.4, -0.2) is 12.6 Å². The summed E-state index contributed by atoms with van der Waals surface area (Å²) in [5.41, 5.74) is 0. The van der Waals surface area contributed by atoms with E-state index in [1.165, 1.54) is 13.0 Å². The van der Waals surface area contributed by atoms with Crippen molar-refractivity contribution in [1.82, 2.24) is 5.32 Å². The third kappa shape index (κ3) is 0.325. The van der Waals surface area contributed by atoms with Crippen molar-refractivity contribution in [2.45, 2.75) is 19.4 Å². The Balaban J connectivity index is 2.14. The topological polar surface area (TPSA) is 12.0 Å². The van der Waals surface area contributed by atoms with Gasteiger partial charge in [-0.2, -0.15) is 0 Å². The van der Waals surface area contributed by atoms with Crippen molar-refractivity contribution in [3.8, 4) is 0 Å². The number of rotatable bonds is 0. The summed E-state index contributed by atoms with van der Waals surface area (Å²) in [5.74, 6) is 2.05. The molecule has 3 aliphatic rings. The van der Waals surface area contributed by atoms with Gasteiger partial charge in [-0.15, -0.1) is 0 Å². The third-order valence-corrected chi connectivity index (χ3v) is 2.58. The first-order valence-corrected chi connectivity index (χ1v) is 3.11. The van der Waals surface area contributed by atoms with Crippen molar-refractivity contribution in [2.75, 3.05) is 6.54 Å². The van der Waals surface area contributed by atoms with E-state index in [4.69, 9.17) is 0 Å². The summed E-state index contributed by atoms with van der Waals surface area (Å²) < 4.78 is 0. The first kappa shape index (κ1) is 3.90. The molecule has 0 aromatic rings. The maximum atomic E-state index is 3.44. The highest BCUT2D eigenvalue weighted by Gasteiger charge is 2.43. The molecule has 1 N–H and O–H groups in total. The lowest BCUT2D eigenvalue weighted by atomic mass is 9.75. The second-order valence-electron chi connectivity index (χ2n) is 2.87. The van der Waals surface area contributed by atoms with Gasteiger partial charge in [-0.1, -0.05) is 6.92 Å². The predicted octanol–water partition coefficient (Wildman–Crippen LogP) is 0.614. The largest absolute Gasteiger partial charge is 0.313 e. The van der Waals surface area contributed by atoms with Gasteiger partial charge in [0, 0.05) is 6.04 Å². The lowest BCUT2D eigenvalue weighted by Crippen LogP contribution is -2.34. The van der Waals surface area contributed by atoms with Gasteiger partial charge in [0.05, 0.1) is 0 Å². The predicted molar refractivity (Wildman–Crippen MR) is 29.1 cm³/mol. The van der Waals surface area contributed by atoms with E-state index in [1.807, 2.05) is 0 Å². The smallest absolute Gasteiger partial charge is 0.00991 e. The van der Waals surface area contributed by atoms with E-state index in [-0.39, 0.29) is 0 Å². The van der Waals surface area contributed by atoms with E-state index in [1.54, 1.807) is 0 Å². The fraction of sp³-hybridized carbons (Fsp3) is 1.00. The van der Waals surface area contributed by atoms with Gasteiger partial charge in [-0.3, -0.25) is 0 Å². The van der Waals surface area contributed by atoms with Crippen LogP contribution in [0.15, 0.2) is 0 Å². The van der Waals surface area contributed by atoms with Gasteiger partial charge in [0.1, 0.15) is 0 Å². The summed E-state index contributed by atoms with van der Waals surface area (Å²) >= 11 is 0. The van der Waals surface area contributed by atoms with E-state index in [0.29, 0.717) is 0 Å². The first-order valence-electron chi connectivity index (χ1n) is 3.11. The molecule has 0 unspecified atom stereocenters. The summed E-state index contributed by atoms with van der Waals surface area (Å²) in [6.07, 6.45) is 1.46. The molecule has 1 nitrogen and oxygen atoms in total. The molecule has 0 spiro atoms. The lowest BCUT2D eigenvalue weighted by Gasteiger charge is -2.30. The molecule has 1 heteroatoms. The minimum atomic E-state index is 0.907. The van der Waals surface area contributed by atoms with Gasteiger partial charge >= 0.3 is 0 Å². The van der Waals surface area contributed by atoms with Crippen molar-refractivity contribution in [3.05, 3.63) is 0 Å². The molecule has 2 aliphatic heterocycles. The van der Waals surface area contributed by atoms with Crippen molar-refractivity contribution >= 4 is 0 Å². The highest BCUT2D eigenvalue weighted by molar-refractivity contribution is 4.99. The highest BCUT2D eigenvalue weighted by atomic mass is 15.0. The van der Waals surface area contributed by atoms with Crippen LogP contribution < -0.4 is 5.32 Å². The quantitative estimate of drug-likeness (QED) is 0.467. The fourth-order valence-corrected chi connectivity index (χ4v) is 1.73. The van der Waals surface area contributed by atoms with Crippen LogP contribution in [0.4, 0.5) is 0 Å². The molecule has 3 fully saturated rings. The molecule has 2 saturated heterocycles. The van der Waals surface area contributed by atoms with Crippen LogP contribution in [-0.2, 0) is 0 Å². The lowest BCUT2D eigenvalue weighted by molar-refractivity contribution is 0.239.